The first-order chi connectivity index (χ1) is 14.4. The fourth-order valence-corrected chi connectivity index (χ4v) is 3.56. The lowest BCUT2D eigenvalue weighted by atomic mass is 9.99. The van der Waals surface area contributed by atoms with Gasteiger partial charge in [-0.15, -0.1) is 0 Å². The van der Waals surface area contributed by atoms with E-state index in [2.05, 4.69) is 5.32 Å². The molecule has 0 spiro atoms. The fraction of sp³-hybridized carbons (Fsp3) is 0.381. The highest BCUT2D eigenvalue weighted by atomic mass is 19.4. The summed E-state index contributed by atoms with van der Waals surface area (Å²) in [5.41, 5.74) is -2.65. The summed E-state index contributed by atoms with van der Waals surface area (Å²) in [5.74, 6) is -1.32. The molecule has 3 nitrogen and oxygen atoms in total. The molecule has 1 amide bonds. The molecule has 3 rings (SSSR count). The van der Waals surface area contributed by atoms with Crippen molar-refractivity contribution in [3.8, 4) is 0 Å². The predicted octanol–water partition coefficient (Wildman–Crippen LogP) is 4.83. The summed E-state index contributed by atoms with van der Waals surface area (Å²) >= 11 is 0. The van der Waals surface area contributed by atoms with Crippen LogP contribution in [0.5, 0.6) is 0 Å². The van der Waals surface area contributed by atoms with Crippen molar-refractivity contribution in [2.45, 2.75) is 31.7 Å². The van der Waals surface area contributed by atoms with Crippen LogP contribution < -0.4 is 5.32 Å². The highest BCUT2D eigenvalue weighted by molar-refractivity contribution is 5.95. The maximum absolute atomic E-state index is 13.5. The number of nitrogens with one attached hydrogen (secondary N) is 1. The molecular formula is C21H19F7N2O. The van der Waals surface area contributed by atoms with Crippen LogP contribution in [0.25, 0.3) is 0 Å². The van der Waals surface area contributed by atoms with Crippen LogP contribution in [0.15, 0.2) is 36.4 Å². The van der Waals surface area contributed by atoms with Crippen LogP contribution in [0.1, 0.15) is 32.6 Å². The number of piperazine rings is 1. The molecule has 1 heterocycles. The third-order valence-electron chi connectivity index (χ3n) is 5.14. The maximum atomic E-state index is 13.5. The molecule has 31 heavy (non-hydrogen) atoms. The van der Waals surface area contributed by atoms with Crippen molar-refractivity contribution in [3.63, 3.8) is 0 Å². The van der Waals surface area contributed by atoms with E-state index in [1.165, 1.54) is 17.0 Å². The molecule has 0 aromatic heterocycles. The number of rotatable bonds is 3. The van der Waals surface area contributed by atoms with Gasteiger partial charge in [0.15, 0.2) is 0 Å². The number of carbonyl (C=O) groups excluding carboxylic acids is 1. The van der Waals surface area contributed by atoms with Crippen LogP contribution in [0, 0.1) is 12.7 Å². The number of carbonyl (C=O) groups is 1. The quantitative estimate of drug-likeness (QED) is 0.683. The van der Waals surface area contributed by atoms with Gasteiger partial charge < -0.3 is 10.2 Å². The molecule has 0 bridgehead atoms. The SMILES string of the molecule is Cc1cc(C[C@@H]2CNCCN2C(=O)c2cc(C(F)(F)F)cc(C(F)(F)F)c2)ccc1F. The number of hydrogen-bond acceptors (Lipinski definition) is 2. The Balaban J connectivity index is 1.94. The van der Waals surface area contributed by atoms with Crippen molar-refractivity contribution in [1.29, 1.82) is 0 Å². The van der Waals surface area contributed by atoms with Crippen molar-refractivity contribution in [2.24, 2.45) is 0 Å². The van der Waals surface area contributed by atoms with E-state index in [1.807, 2.05) is 0 Å². The van der Waals surface area contributed by atoms with Crippen LogP contribution in [0.4, 0.5) is 30.7 Å². The van der Waals surface area contributed by atoms with E-state index < -0.39 is 46.8 Å². The lowest BCUT2D eigenvalue weighted by Crippen LogP contribution is -2.54. The molecule has 1 atom stereocenters. The van der Waals surface area contributed by atoms with Gasteiger partial charge in [-0.2, -0.15) is 26.3 Å². The molecule has 0 radical (unpaired) electrons. The Morgan fingerprint density at radius 3 is 2.19 bits per heavy atom. The Hall–Kier alpha value is -2.62. The van der Waals surface area contributed by atoms with Crippen LogP contribution in [0.3, 0.4) is 0 Å². The minimum Gasteiger partial charge on any atom is -0.333 e. The summed E-state index contributed by atoms with van der Waals surface area (Å²) in [5, 5.41) is 3.06. The minimum absolute atomic E-state index is 0.00663. The minimum atomic E-state index is -5.04. The van der Waals surface area contributed by atoms with Crippen molar-refractivity contribution >= 4 is 5.91 Å². The third kappa shape index (κ3) is 5.36. The molecule has 1 fully saturated rings. The highest BCUT2D eigenvalue weighted by Crippen LogP contribution is 2.36. The van der Waals surface area contributed by atoms with E-state index in [-0.39, 0.29) is 19.0 Å². The molecular weight excluding hydrogens is 429 g/mol. The molecule has 1 N–H and O–H groups in total. The first kappa shape index (κ1) is 23.1. The molecule has 10 heteroatoms. The zero-order chi connectivity index (χ0) is 23.0. The van der Waals surface area contributed by atoms with Crippen LogP contribution >= 0.6 is 0 Å². The topological polar surface area (TPSA) is 32.3 Å². The zero-order valence-electron chi connectivity index (χ0n) is 16.4. The van der Waals surface area contributed by atoms with E-state index in [9.17, 15) is 35.5 Å². The Kier molecular flexibility index (Phi) is 6.31. The van der Waals surface area contributed by atoms with Gasteiger partial charge in [0.25, 0.3) is 5.91 Å². The number of alkyl halides is 6. The summed E-state index contributed by atoms with van der Waals surface area (Å²) in [4.78, 5) is 14.3. The molecule has 0 saturated carbocycles. The summed E-state index contributed by atoms with van der Waals surface area (Å²) in [7, 11) is 0. The second-order valence-electron chi connectivity index (χ2n) is 7.44. The number of hydrogen-bond donors (Lipinski definition) is 1. The second-order valence-corrected chi connectivity index (χ2v) is 7.44. The van der Waals surface area contributed by atoms with Crippen molar-refractivity contribution in [3.05, 3.63) is 70.0 Å². The lowest BCUT2D eigenvalue weighted by Gasteiger charge is -2.36. The van der Waals surface area contributed by atoms with Crippen LogP contribution in [-0.4, -0.2) is 36.5 Å². The summed E-state index contributed by atoms with van der Waals surface area (Å²) in [6.45, 7) is 2.33. The van der Waals surface area contributed by atoms with Gasteiger partial charge in [-0.3, -0.25) is 4.79 Å². The van der Waals surface area contributed by atoms with Crippen molar-refractivity contribution in [1.82, 2.24) is 10.2 Å². The Morgan fingerprint density at radius 2 is 1.65 bits per heavy atom. The zero-order valence-corrected chi connectivity index (χ0v) is 16.4. The second kappa shape index (κ2) is 8.49. The Labute approximate surface area is 173 Å². The van der Waals surface area contributed by atoms with E-state index >= 15 is 0 Å². The van der Waals surface area contributed by atoms with Gasteiger partial charge in [0.05, 0.1) is 11.1 Å². The average molecular weight is 448 g/mol. The Morgan fingerprint density at radius 1 is 1.03 bits per heavy atom. The summed E-state index contributed by atoms with van der Waals surface area (Å²) < 4.78 is 92.4. The highest BCUT2D eigenvalue weighted by Gasteiger charge is 2.38. The molecule has 2 aromatic carbocycles. The molecule has 1 aliphatic rings. The smallest absolute Gasteiger partial charge is 0.333 e. The third-order valence-corrected chi connectivity index (χ3v) is 5.14. The first-order valence-corrected chi connectivity index (χ1v) is 9.42. The van der Waals surface area contributed by atoms with Gasteiger partial charge in [-0.05, 0) is 48.7 Å². The van der Waals surface area contributed by atoms with E-state index in [4.69, 9.17) is 0 Å². The normalized spacial score (nSPS) is 17.7. The van der Waals surface area contributed by atoms with Crippen LogP contribution in [-0.2, 0) is 18.8 Å². The average Bonchev–Trinajstić information content (AvgIpc) is 2.69. The predicted molar refractivity (Wildman–Crippen MR) is 99.0 cm³/mol. The molecule has 2 aromatic rings. The van der Waals surface area contributed by atoms with E-state index in [0.717, 1.165) is 0 Å². The van der Waals surface area contributed by atoms with Gasteiger partial charge in [0.2, 0.25) is 0 Å². The number of nitrogens with zero attached hydrogens (tertiary/aromatic N) is 1. The summed E-state index contributed by atoms with van der Waals surface area (Å²) in [6.07, 6.45) is -9.81. The van der Waals surface area contributed by atoms with E-state index in [0.29, 0.717) is 36.3 Å². The van der Waals surface area contributed by atoms with Gasteiger partial charge in [0.1, 0.15) is 5.82 Å². The number of aryl methyl sites for hydroxylation is 1. The van der Waals surface area contributed by atoms with Gasteiger partial charge in [-0.1, -0.05) is 12.1 Å². The first-order valence-electron chi connectivity index (χ1n) is 9.42. The summed E-state index contributed by atoms with van der Waals surface area (Å²) in [6, 6.07) is 4.76. The molecule has 0 aliphatic carbocycles. The molecule has 1 saturated heterocycles. The van der Waals surface area contributed by atoms with Gasteiger partial charge >= 0.3 is 12.4 Å². The number of benzene rings is 2. The number of amides is 1. The molecule has 1 aliphatic heterocycles. The van der Waals surface area contributed by atoms with Gasteiger partial charge in [0, 0.05) is 31.2 Å². The number of halogens is 7. The standard InChI is InChI=1S/C21H19F7N2O/c1-12-6-13(2-3-18(12)22)7-17-11-29-4-5-30(17)19(31)14-8-15(20(23,24)25)10-16(9-14)21(26,27)28/h2-3,6,8-10,17,29H,4-5,7,11H2,1H3/t17-/m1/s1. The van der Waals surface area contributed by atoms with Crippen molar-refractivity contribution in [2.75, 3.05) is 19.6 Å². The molecule has 168 valence electrons. The van der Waals surface area contributed by atoms with Crippen molar-refractivity contribution < 1.29 is 35.5 Å². The maximum Gasteiger partial charge on any atom is 0.416 e. The lowest BCUT2D eigenvalue weighted by molar-refractivity contribution is -0.143. The molecule has 0 unspecified atom stereocenters. The van der Waals surface area contributed by atoms with Crippen LogP contribution in [0.2, 0.25) is 0 Å². The van der Waals surface area contributed by atoms with Gasteiger partial charge in [-0.25, -0.2) is 4.39 Å². The van der Waals surface area contributed by atoms with E-state index in [1.54, 1.807) is 13.0 Å². The Bertz CT molecular complexity index is 937. The monoisotopic (exact) mass is 448 g/mol. The largest absolute Gasteiger partial charge is 0.416 e. The fourth-order valence-electron chi connectivity index (χ4n) is 3.56.